The van der Waals surface area contributed by atoms with Crippen LogP contribution in [0.5, 0.6) is 0 Å². The van der Waals surface area contributed by atoms with Gasteiger partial charge in [-0.3, -0.25) is 9.59 Å². The Hall–Kier alpha value is -3.21. The number of nitrogens with one attached hydrogen (secondary N) is 2. The highest BCUT2D eigenvalue weighted by molar-refractivity contribution is 5.93. The van der Waals surface area contributed by atoms with Gasteiger partial charge in [-0.25, -0.2) is 9.97 Å². The Kier molecular flexibility index (Phi) is 7.54. The molecule has 0 saturated carbocycles. The van der Waals surface area contributed by atoms with Gasteiger partial charge in [0.2, 0.25) is 0 Å². The number of halogens is 3. The summed E-state index contributed by atoms with van der Waals surface area (Å²) in [6.07, 6.45) is 1.57. The zero-order chi connectivity index (χ0) is 25.0. The van der Waals surface area contributed by atoms with Gasteiger partial charge in [-0.1, -0.05) is 0 Å². The molecule has 0 aliphatic carbocycles. The summed E-state index contributed by atoms with van der Waals surface area (Å²) in [4.78, 5) is 37.9. The van der Waals surface area contributed by atoms with Crippen LogP contribution in [0.3, 0.4) is 0 Å². The third kappa shape index (κ3) is 5.55. The highest BCUT2D eigenvalue weighted by Gasteiger charge is 2.33. The molecular formula is C24H28F3N5O3. The molecule has 11 heteroatoms. The first-order valence-electron chi connectivity index (χ1n) is 11.7. The number of imidazole rings is 1. The number of rotatable bonds is 6. The van der Waals surface area contributed by atoms with E-state index in [1.807, 2.05) is 6.07 Å². The van der Waals surface area contributed by atoms with E-state index in [0.29, 0.717) is 37.9 Å². The quantitative estimate of drug-likeness (QED) is 0.365. The molecule has 2 N–H and O–H groups in total. The Morgan fingerprint density at radius 1 is 1.17 bits per heavy atom. The fourth-order valence-electron chi connectivity index (χ4n) is 4.64. The van der Waals surface area contributed by atoms with Gasteiger partial charge in [0.15, 0.2) is 11.9 Å². The molecule has 2 fully saturated rings. The van der Waals surface area contributed by atoms with Gasteiger partial charge in [-0.05, 0) is 55.4 Å². The van der Waals surface area contributed by atoms with Gasteiger partial charge in [-0.15, -0.1) is 0 Å². The van der Waals surface area contributed by atoms with Crippen molar-refractivity contribution in [3.63, 3.8) is 0 Å². The third-order valence-electron chi connectivity index (χ3n) is 6.65. The van der Waals surface area contributed by atoms with Gasteiger partial charge < -0.3 is 19.9 Å². The second-order valence-corrected chi connectivity index (χ2v) is 8.74. The standard InChI is InChI=1S/C24H28F3N5O3/c1-28-19(3-2-17(14-33)24(25,26)27)23(34)32-10-5-15(6-11-32)18-4-9-29-22-20(18)30-21(31-22)16-7-12-35-13-8-16/h2-4,9,14-16,28H,5-8,10-13H2,1H3,(H,29,30,31)/b17-2+,19-3-. The van der Waals surface area contributed by atoms with Crippen molar-refractivity contribution in [3.8, 4) is 0 Å². The Labute approximate surface area is 200 Å². The molecule has 35 heavy (non-hydrogen) atoms. The largest absolute Gasteiger partial charge is 0.419 e. The number of hydrogen-bond acceptors (Lipinski definition) is 6. The van der Waals surface area contributed by atoms with E-state index in [0.717, 1.165) is 54.7 Å². The number of fused-ring (bicyclic) bond motifs is 1. The van der Waals surface area contributed by atoms with Gasteiger partial charge >= 0.3 is 6.18 Å². The van der Waals surface area contributed by atoms with Crippen molar-refractivity contribution < 1.29 is 27.5 Å². The van der Waals surface area contributed by atoms with E-state index < -0.39 is 17.7 Å². The lowest BCUT2D eigenvalue weighted by atomic mass is 9.89. The Morgan fingerprint density at radius 2 is 1.89 bits per heavy atom. The fourth-order valence-corrected chi connectivity index (χ4v) is 4.64. The minimum atomic E-state index is -4.77. The van der Waals surface area contributed by atoms with Gasteiger partial charge in [0.05, 0.1) is 11.3 Å². The number of piperidine rings is 1. The Morgan fingerprint density at radius 3 is 2.51 bits per heavy atom. The van der Waals surface area contributed by atoms with E-state index >= 15 is 0 Å². The number of aldehydes is 1. The molecule has 2 aliphatic heterocycles. The molecule has 0 radical (unpaired) electrons. The maximum Gasteiger partial charge on any atom is 0.419 e. The topological polar surface area (TPSA) is 100 Å². The molecule has 0 spiro atoms. The lowest BCUT2D eigenvalue weighted by Crippen LogP contribution is -2.40. The lowest BCUT2D eigenvalue weighted by Gasteiger charge is -2.32. The van der Waals surface area contributed by atoms with Gasteiger partial charge in [0, 0.05) is 45.5 Å². The van der Waals surface area contributed by atoms with Crippen LogP contribution >= 0.6 is 0 Å². The predicted octanol–water partition coefficient (Wildman–Crippen LogP) is 3.35. The lowest BCUT2D eigenvalue weighted by molar-refractivity contribution is -0.128. The number of likely N-dealkylation sites (N-methyl/N-ethyl adjacent to an activating group) is 1. The van der Waals surface area contributed by atoms with Crippen LogP contribution in [-0.4, -0.2) is 71.6 Å². The van der Waals surface area contributed by atoms with Crippen LogP contribution in [0.4, 0.5) is 13.2 Å². The van der Waals surface area contributed by atoms with Crippen molar-refractivity contribution in [1.29, 1.82) is 0 Å². The summed E-state index contributed by atoms with van der Waals surface area (Å²) in [5.74, 6) is 1.03. The van der Waals surface area contributed by atoms with Crippen molar-refractivity contribution in [1.82, 2.24) is 25.2 Å². The highest BCUT2D eigenvalue weighted by atomic mass is 19.4. The smallest absolute Gasteiger partial charge is 0.384 e. The number of pyridine rings is 1. The van der Waals surface area contributed by atoms with E-state index in [1.165, 1.54) is 7.05 Å². The fraction of sp³-hybridized carbons (Fsp3) is 0.500. The maximum absolute atomic E-state index is 12.9. The van der Waals surface area contributed by atoms with Crippen LogP contribution in [0.15, 0.2) is 35.7 Å². The molecular weight excluding hydrogens is 463 g/mol. The van der Waals surface area contributed by atoms with Gasteiger partial charge in [0.1, 0.15) is 11.3 Å². The number of aromatic amines is 1. The second kappa shape index (κ2) is 10.6. The van der Waals surface area contributed by atoms with E-state index in [4.69, 9.17) is 9.72 Å². The van der Waals surface area contributed by atoms with Crippen LogP contribution in [0.1, 0.15) is 48.9 Å². The molecule has 0 unspecified atom stereocenters. The first-order chi connectivity index (χ1) is 16.8. The van der Waals surface area contributed by atoms with Crippen LogP contribution in [0, 0.1) is 0 Å². The van der Waals surface area contributed by atoms with E-state index in [1.54, 1.807) is 11.1 Å². The van der Waals surface area contributed by atoms with Crippen LogP contribution < -0.4 is 5.32 Å². The van der Waals surface area contributed by atoms with Crippen molar-refractivity contribution in [2.24, 2.45) is 0 Å². The SMILES string of the molecule is CN/C(=C\C=C(/C=O)C(F)(F)F)C(=O)N1CCC(c2ccnc3[nH]c(C4CCOCC4)nc23)CC1. The first-order valence-corrected chi connectivity index (χ1v) is 11.7. The zero-order valence-corrected chi connectivity index (χ0v) is 19.4. The molecule has 2 saturated heterocycles. The number of carbonyl (C=O) groups excluding carboxylic acids is 2. The van der Waals surface area contributed by atoms with Gasteiger partial charge in [0.25, 0.3) is 5.91 Å². The normalized spacial score (nSPS) is 19.3. The monoisotopic (exact) mass is 491 g/mol. The number of aromatic nitrogens is 3. The molecule has 0 bridgehead atoms. The zero-order valence-electron chi connectivity index (χ0n) is 19.4. The molecule has 4 heterocycles. The van der Waals surface area contributed by atoms with Crippen molar-refractivity contribution in [3.05, 3.63) is 47.1 Å². The molecule has 0 aromatic carbocycles. The summed E-state index contributed by atoms with van der Waals surface area (Å²) < 4.78 is 43.8. The molecule has 2 aromatic rings. The highest BCUT2D eigenvalue weighted by Crippen LogP contribution is 2.34. The van der Waals surface area contributed by atoms with Crippen LogP contribution in [0.2, 0.25) is 0 Å². The molecule has 4 rings (SSSR count). The summed E-state index contributed by atoms with van der Waals surface area (Å²) in [6.45, 7) is 2.35. The van der Waals surface area contributed by atoms with E-state index in [9.17, 15) is 22.8 Å². The molecule has 0 atom stereocenters. The number of H-pyrrole nitrogens is 1. The minimum absolute atomic E-state index is 0.00763. The molecule has 188 valence electrons. The number of hydrogen-bond donors (Lipinski definition) is 2. The number of ether oxygens (including phenoxy) is 1. The summed E-state index contributed by atoms with van der Waals surface area (Å²) in [7, 11) is 1.46. The maximum atomic E-state index is 12.9. The number of carbonyl (C=O) groups is 2. The van der Waals surface area contributed by atoms with Crippen LogP contribution in [0.25, 0.3) is 11.2 Å². The van der Waals surface area contributed by atoms with E-state index in [-0.39, 0.29) is 17.9 Å². The Bertz CT molecular complexity index is 1130. The van der Waals surface area contributed by atoms with Crippen molar-refractivity contribution >= 4 is 23.4 Å². The first kappa shape index (κ1) is 24.9. The van der Waals surface area contributed by atoms with Crippen LogP contribution in [-0.2, 0) is 14.3 Å². The summed E-state index contributed by atoms with van der Waals surface area (Å²) in [5.41, 5.74) is 1.34. The number of amides is 1. The van der Waals surface area contributed by atoms with Crippen molar-refractivity contribution in [2.45, 2.75) is 43.7 Å². The summed E-state index contributed by atoms with van der Waals surface area (Å²) in [5, 5.41) is 2.64. The average molecular weight is 492 g/mol. The Balaban J connectivity index is 1.46. The number of alkyl halides is 3. The van der Waals surface area contributed by atoms with Gasteiger partial charge in [-0.2, -0.15) is 13.2 Å². The van der Waals surface area contributed by atoms with E-state index in [2.05, 4.69) is 15.3 Å². The molecule has 1 amide bonds. The summed E-state index contributed by atoms with van der Waals surface area (Å²) in [6, 6.07) is 1.97. The molecule has 2 aliphatic rings. The summed E-state index contributed by atoms with van der Waals surface area (Å²) >= 11 is 0. The third-order valence-corrected chi connectivity index (χ3v) is 6.65. The second-order valence-electron chi connectivity index (χ2n) is 8.74. The van der Waals surface area contributed by atoms with Crippen molar-refractivity contribution in [2.75, 3.05) is 33.4 Å². The number of allylic oxidation sites excluding steroid dienone is 3. The predicted molar refractivity (Wildman–Crippen MR) is 123 cm³/mol. The average Bonchev–Trinajstić information content (AvgIpc) is 3.31. The molecule has 2 aromatic heterocycles. The molecule has 8 nitrogen and oxygen atoms in total. The minimum Gasteiger partial charge on any atom is -0.384 e. The number of nitrogens with zero attached hydrogens (tertiary/aromatic N) is 3. The number of likely N-dealkylation sites (tertiary alicyclic amines) is 1.